The smallest absolute Gasteiger partial charge is 0.202 e. The number of nitrogens with zero attached hydrogens (tertiary/aromatic N) is 3. The fourth-order valence-corrected chi connectivity index (χ4v) is 3.89. The van der Waals surface area contributed by atoms with Gasteiger partial charge in [0, 0.05) is 43.6 Å². The van der Waals surface area contributed by atoms with Crippen LogP contribution in [0.4, 0.5) is 0 Å². The topological polar surface area (TPSA) is 155 Å². The van der Waals surface area contributed by atoms with E-state index in [1.807, 2.05) is 45.8 Å². The van der Waals surface area contributed by atoms with Crippen LogP contribution in [0.3, 0.4) is 0 Å². The highest BCUT2D eigenvalue weighted by atomic mass is 16.5. The van der Waals surface area contributed by atoms with Crippen molar-refractivity contribution in [3.63, 3.8) is 0 Å². The highest BCUT2D eigenvalue weighted by Crippen LogP contribution is 2.13. The normalized spacial score (nSPS) is 15.4. The molecule has 1 unspecified atom stereocenters. The SMILES string of the molecule is N=C(N)NCCCCCCCCn1ccn(CCOc2ccc(C3=NCC(N)CN3)cc2)c1=N. The van der Waals surface area contributed by atoms with Crippen molar-refractivity contribution in [3.05, 3.63) is 47.8 Å². The number of amidine groups is 1. The minimum absolute atomic E-state index is 0.0464. The minimum atomic E-state index is 0.0464. The van der Waals surface area contributed by atoms with E-state index in [1.54, 1.807) is 0 Å². The van der Waals surface area contributed by atoms with E-state index in [1.165, 1.54) is 12.8 Å². The molecule has 0 amide bonds. The molecular formula is C24H39N9O. The van der Waals surface area contributed by atoms with Crippen molar-refractivity contribution in [2.45, 2.75) is 57.7 Å². The average Bonchev–Trinajstić information content (AvgIpc) is 3.18. The Bertz CT molecular complexity index is 977. The van der Waals surface area contributed by atoms with Crippen LogP contribution in [0.25, 0.3) is 0 Å². The molecule has 1 aliphatic heterocycles. The number of benzene rings is 1. The second-order valence-electron chi connectivity index (χ2n) is 8.67. The van der Waals surface area contributed by atoms with Crippen molar-refractivity contribution in [1.29, 1.82) is 10.8 Å². The highest BCUT2D eigenvalue weighted by Gasteiger charge is 2.12. The van der Waals surface area contributed by atoms with Gasteiger partial charge in [0.1, 0.15) is 18.2 Å². The first-order chi connectivity index (χ1) is 16.5. The molecule has 0 bridgehead atoms. The average molecular weight is 470 g/mol. The molecule has 186 valence electrons. The number of aromatic nitrogens is 2. The van der Waals surface area contributed by atoms with Gasteiger partial charge < -0.3 is 36.0 Å². The van der Waals surface area contributed by atoms with Crippen LogP contribution in [0.15, 0.2) is 41.7 Å². The molecule has 0 saturated heterocycles. The number of ether oxygens (including phenoxy) is 1. The first-order valence-electron chi connectivity index (χ1n) is 12.2. The van der Waals surface area contributed by atoms with Crippen LogP contribution in [-0.4, -0.2) is 53.2 Å². The Morgan fingerprint density at radius 1 is 1.06 bits per heavy atom. The Morgan fingerprint density at radius 2 is 1.74 bits per heavy atom. The number of aliphatic imine (C=N–C) groups is 1. The summed E-state index contributed by atoms with van der Waals surface area (Å²) < 4.78 is 9.80. The van der Waals surface area contributed by atoms with E-state index in [9.17, 15) is 0 Å². The van der Waals surface area contributed by atoms with E-state index >= 15 is 0 Å². The zero-order valence-corrected chi connectivity index (χ0v) is 19.9. The van der Waals surface area contributed by atoms with Gasteiger partial charge in [-0.2, -0.15) is 0 Å². The Morgan fingerprint density at radius 3 is 2.41 bits per heavy atom. The summed E-state index contributed by atoms with van der Waals surface area (Å²) in [7, 11) is 0. The zero-order valence-electron chi connectivity index (χ0n) is 19.9. The lowest BCUT2D eigenvalue weighted by Crippen LogP contribution is -2.44. The van der Waals surface area contributed by atoms with Crippen molar-refractivity contribution in [2.75, 3.05) is 26.2 Å². The van der Waals surface area contributed by atoms with Gasteiger partial charge in [-0.25, -0.2) is 0 Å². The van der Waals surface area contributed by atoms with Gasteiger partial charge in [-0.3, -0.25) is 15.8 Å². The van der Waals surface area contributed by atoms with Crippen LogP contribution in [-0.2, 0) is 13.1 Å². The third-order valence-corrected chi connectivity index (χ3v) is 5.86. The third kappa shape index (κ3) is 8.26. The van der Waals surface area contributed by atoms with Gasteiger partial charge in [0.25, 0.3) is 0 Å². The van der Waals surface area contributed by atoms with E-state index < -0.39 is 0 Å². The van der Waals surface area contributed by atoms with Crippen LogP contribution in [0, 0.1) is 10.8 Å². The van der Waals surface area contributed by atoms with Gasteiger partial charge in [0.05, 0.1) is 13.1 Å². The Labute approximate surface area is 201 Å². The summed E-state index contributed by atoms with van der Waals surface area (Å²) >= 11 is 0. The van der Waals surface area contributed by atoms with Gasteiger partial charge in [-0.05, 0) is 37.1 Å². The molecule has 0 spiro atoms. The lowest BCUT2D eigenvalue weighted by atomic mass is 10.1. The number of unbranched alkanes of at least 4 members (excludes halogenated alkanes) is 5. The molecule has 10 heteroatoms. The van der Waals surface area contributed by atoms with E-state index in [4.69, 9.17) is 27.0 Å². The number of guanidine groups is 1. The molecule has 2 aromatic rings. The number of nitrogens with one attached hydrogen (secondary N) is 4. The van der Waals surface area contributed by atoms with Gasteiger partial charge in [-0.1, -0.05) is 25.7 Å². The van der Waals surface area contributed by atoms with Gasteiger partial charge in [-0.15, -0.1) is 0 Å². The fourth-order valence-electron chi connectivity index (χ4n) is 3.89. The van der Waals surface area contributed by atoms with Crippen molar-refractivity contribution in [1.82, 2.24) is 19.8 Å². The summed E-state index contributed by atoms with van der Waals surface area (Å²) in [6.07, 6.45) is 10.7. The molecule has 1 aromatic carbocycles. The number of imidazole rings is 1. The molecule has 10 nitrogen and oxygen atoms in total. The number of hydrogen-bond donors (Lipinski definition) is 6. The van der Waals surface area contributed by atoms with E-state index in [0.29, 0.717) is 25.3 Å². The number of aryl methyl sites for hydroxylation is 1. The summed E-state index contributed by atoms with van der Waals surface area (Å²) in [5.74, 6) is 1.73. The molecule has 0 fully saturated rings. The Hall–Kier alpha value is -3.27. The minimum Gasteiger partial charge on any atom is -0.492 e. The summed E-state index contributed by atoms with van der Waals surface area (Å²) in [6.45, 7) is 4.17. The molecule has 2 heterocycles. The molecule has 1 aliphatic rings. The third-order valence-electron chi connectivity index (χ3n) is 5.86. The van der Waals surface area contributed by atoms with Crippen LogP contribution >= 0.6 is 0 Å². The summed E-state index contributed by atoms with van der Waals surface area (Å²) in [6, 6.07) is 7.98. The number of rotatable bonds is 14. The lowest BCUT2D eigenvalue weighted by molar-refractivity contribution is 0.294. The van der Waals surface area contributed by atoms with E-state index in [-0.39, 0.29) is 12.0 Å². The predicted octanol–water partition coefficient (Wildman–Crippen LogP) is 1.35. The maximum Gasteiger partial charge on any atom is 0.202 e. The standard InChI is InChI=1S/C24H39N9O/c25-20-17-30-22(31-18-20)19-7-9-21(10-8-19)34-16-15-33-14-13-32(24(33)28)12-6-4-2-1-3-5-11-29-23(26)27/h7-10,13-14,20,28H,1-6,11-12,15-18,25H2,(H,30,31)(H4,26,27,29). The highest BCUT2D eigenvalue weighted by molar-refractivity contribution is 5.99. The quantitative estimate of drug-likeness (QED) is 0.140. The zero-order chi connectivity index (χ0) is 24.2. The van der Waals surface area contributed by atoms with Crippen molar-refractivity contribution < 1.29 is 4.74 Å². The van der Waals surface area contributed by atoms with Crippen LogP contribution in [0.5, 0.6) is 5.75 Å². The first kappa shape index (κ1) is 25.4. The Kier molecular flexibility index (Phi) is 10.0. The maximum atomic E-state index is 8.40. The molecule has 1 atom stereocenters. The molecule has 0 saturated carbocycles. The fraction of sp³-hybridized carbons (Fsp3) is 0.542. The first-order valence-corrected chi connectivity index (χ1v) is 12.2. The second kappa shape index (κ2) is 13.4. The predicted molar refractivity (Wildman–Crippen MR) is 135 cm³/mol. The van der Waals surface area contributed by atoms with Gasteiger partial charge in [0.2, 0.25) is 5.62 Å². The van der Waals surface area contributed by atoms with Crippen LogP contribution in [0.2, 0.25) is 0 Å². The monoisotopic (exact) mass is 469 g/mol. The molecule has 3 rings (SSSR count). The molecule has 0 radical (unpaired) electrons. The molecule has 8 N–H and O–H groups in total. The Balaban J connectivity index is 1.31. The summed E-state index contributed by atoms with van der Waals surface area (Å²) in [4.78, 5) is 4.48. The van der Waals surface area contributed by atoms with E-state index in [0.717, 1.165) is 62.5 Å². The number of hydrogen-bond acceptors (Lipinski definition) is 6. The lowest BCUT2D eigenvalue weighted by Gasteiger charge is -2.20. The van der Waals surface area contributed by atoms with Crippen molar-refractivity contribution >= 4 is 11.8 Å². The molecular weight excluding hydrogens is 430 g/mol. The molecule has 0 aliphatic carbocycles. The summed E-state index contributed by atoms with van der Waals surface area (Å²) in [5, 5.41) is 21.6. The largest absolute Gasteiger partial charge is 0.492 e. The number of nitrogens with two attached hydrogens (primary N) is 2. The van der Waals surface area contributed by atoms with Crippen LogP contribution < -0.4 is 32.5 Å². The molecule has 1 aromatic heterocycles. The van der Waals surface area contributed by atoms with Gasteiger partial charge in [0.15, 0.2) is 5.96 Å². The maximum absolute atomic E-state index is 8.40. The second-order valence-corrected chi connectivity index (χ2v) is 8.67. The van der Waals surface area contributed by atoms with Gasteiger partial charge >= 0.3 is 0 Å². The van der Waals surface area contributed by atoms with Crippen molar-refractivity contribution in [2.24, 2.45) is 16.5 Å². The van der Waals surface area contributed by atoms with Crippen LogP contribution in [0.1, 0.15) is 44.1 Å². The summed E-state index contributed by atoms with van der Waals surface area (Å²) in [5.41, 5.74) is 12.7. The van der Waals surface area contributed by atoms with E-state index in [2.05, 4.69) is 15.6 Å². The molecule has 34 heavy (non-hydrogen) atoms. The van der Waals surface area contributed by atoms with Crippen molar-refractivity contribution in [3.8, 4) is 5.75 Å².